The maximum absolute atomic E-state index is 15.0. The number of aliphatic hydroxyl groups is 5. The van der Waals surface area contributed by atoms with Crippen LogP contribution in [0, 0.1) is 5.92 Å². The summed E-state index contributed by atoms with van der Waals surface area (Å²) in [5.74, 6) is -6.85. The standard InChI is InChI=1S/C40H50O18/c1-14(41)28-34(47)35(52-6)21-9-19-7-18-8-20(42)10-22(43)29(18)33(46)30(19)38(50)40(21,37(28)49)58-26-12-24(32(45)16(3)54-26)56-25-11-23(31(44)15(2)53-25)57-27-13-39(5,51)36(48)17(4)55-27/h7-8,10,15-17,21,23-27,31-32,35-36,42-46,48-49,51H,9,11-13H2,1-6H3. The lowest BCUT2D eigenvalue weighted by atomic mass is 9.62. The Morgan fingerprint density at radius 3 is 2.03 bits per heavy atom. The molecule has 58 heavy (non-hydrogen) atoms. The lowest BCUT2D eigenvalue weighted by Crippen LogP contribution is -2.65. The highest BCUT2D eigenvalue weighted by molar-refractivity contribution is 6.25. The summed E-state index contributed by atoms with van der Waals surface area (Å²) in [5.41, 5.74) is -5.10. The van der Waals surface area contributed by atoms with E-state index in [1.54, 1.807) is 13.8 Å². The minimum atomic E-state index is -2.59. The van der Waals surface area contributed by atoms with Crippen LogP contribution >= 0.6 is 0 Å². The molecule has 0 saturated carbocycles. The second-order valence-corrected chi connectivity index (χ2v) is 16.2. The molecule has 18 nitrogen and oxygen atoms in total. The second-order valence-electron chi connectivity index (χ2n) is 16.2. The largest absolute Gasteiger partial charge is 0.508 e. The van der Waals surface area contributed by atoms with Crippen LogP contribution < -0.4 is 0 Å². The van der Waals surface area contributed by atoms with Gasteiger partial charge >= 0.3 is 0 Å². The minimum absolute atomic E-state index is 0.0727. The van der Waals surface area contributed by atoms with E-state index in [2.05, 4.69) is 0 Å². The Balaban J connectivity index is 1.21. The number of benzene rings is 2. The third-order valence-electron chi connectivity index (χ3n) is 12.2. The smallest absolute Gasteiger partial charge is 0.207 e. The number of carbonyl (C=O) groups is 3. The van der Waals surface area contributed by atoms with Crippen LogP contribution in [-0.4, -0.2) is 150 Å². The summed E-state index contributed by atoms with van der Waals surface area (Å²) < 4.78 is 42.1. The van der Waals surface area contributed by atoms with Crippen molar-refractivity contribution >= 4 is 28.1 Å². The third-order valence-corrected chi connectivity index (χ3v) is 12.2. The summed E-state index contributed by atoms with van der Waals surface area (Å²) in [5, 5.41) is 87.7. The van der Waals surface area contributed by atoms with Gasteiger partial charge in [-0.25, -0.2) is 0 Å². The average Bonchev–Trinajstić information content (AvgIpc) is 3.12. The summed E-state index contributed by atoms with van der Waals surface area (Å²) in [6.07, 6.45) is -14.2. The van der Waals surface area contributed by atoms with Crippen LogP contribution in [0.25, 0.3) is 10.8 Å². The first-order valence-corrected chi connectivity index (χ1v) is 19.2. The van der Waals surface area contributed by atoms with Gasteiger partial charge in [0.15, 0.2) is 36.0 Å². The number of ether oxygens (including phenoxy) is 7. The van der Waals surface area contributed by atoms with Crippen molar-refractivity contribution in [1.82, 2.24) is 0 Å². The summed E-state index contributed by atoms with van der Waals surface area (Å²) >= 11 is 0. The Hall–Kier alpha value is -3.79. The first kappa shape index (κ1) is 42.3. The highest BCUT2D eigenvalue weighted by atomic mass is 16.7. The summed E-state index contributed by atoms with van der Waals surface area (Å²) in [4.78, 5) is 41.7. The van der Waals surface area contributed by atoms with E-state index in [0.717, 1.165) is 13.0 Å². The van der Waals surface area contributed by atoms with Gasteiger partial charge < -0.3 is 74.0 Å². The molecular formula is C40H50O18. The van der Waals surface area contributed by atoms with Crippen LogP contribution in [0.15, 0.2) is 29.5 Å². The van der Waals surface area contributed by atoms with Crippen molar-refractivity contribution < 1.29 is 88.4 Å². The summed E-state index contributed by atoms with van der Waals surface area (Å²) in [6, 6.07) is 3.67. The molecule has 15 unspecified atom stereocenters. The van der Waals surface area contributed by atoms with Crippen LogP contribution in [0.4, 0.5) is 0 Å². The first-order chi connectivity index (χ1) is 27.2. The zero-order valence-electron chi connectivity index (χ0n) is 32.7. The Morgan fingerprint density at radius 1 is 0.845 bits per heavy atom. The number of Topliss-reactive ketones (excluding diaryl/α,β-unsaturated/α-hetero) is 3. The number of phenols is 3. The quantitative estimate of drug-likeness (QED) is 0.173. The Bertz CT molecular complexity index is 2010. The van der Waals surface area contributed by atoms with Gasteiger partial charge in [0.25, 0.3) is 0 Å². The second kappa shape index (κ2) is 15.3. The molecule has 318 valence electrons. The third kappa shape index (κ3) is 6.96. The molecule has 2 aromatic rings. The number of methoxy groups -OCH3 is 1. The molecule has 0 bridgehead atoms. The first-order valence-electron chi connectivity index (χ1n) is 19.2. The van der Waals surface area contributed by atoms with E-state index in [-0.39, 0.29) is 53.3 Å². The van der Waals surface area contributed by atoms with E-state index in [0.29, 0.717) is 0 Å². The maximum atomic E-state index is 15.0. The normalized spacial score (nSPS) is 40.7. The molecule has 3 fully saturated rings. The average molecular weight is 819 g/mol. The highest BCUT2D eigenvalue weighted by Crippen LogP contribution is 2.52. The highest BCUT2D eigenvalue weighted by Gasteiger charge is 2.65. The number of rotatable bonds is 8. The van der Waals surface area contributed by atoms with Gasteiger partial charge in [0.2, 0.25) is 5.78 Å². The molecule has 18 heteroatoms. The monoisotopic (exact) mass is 818 g/mol. The van der Waals surface area contributed by atoms with Crippen molar-refractivity contribution in [3.63, 3.8) is 0 Å². The Kier molecular flexibility index (Phi) is 11.2. The molecule has 3 saturated heterocycles. The molecular weight excluding hydrogens is 768 g/mol. The molecule has 3 heterocycles. The summed E-state index contributed by atoms with van der Waals surface area (Å²) in [6.45, 7) is 7.14. The van der Waals surface area contributed by atoms with Crippen molar-refractivity contribution in [3.05, 3.63) is 40.7 Å². The Morgan fingerprint density at radius 2 is 1.43 bits per heavy atom. The molecule has 0 aromatic heterocycles. The predicted octanol–water partition coefficient (Wildman–Crippen LogP) is 1.07. The van der Waals surface area contributed by atoms with Crippen molar-refractivity contribution in [2.24, 2.45) is 5.92 Å². The van der Waals surface area contributed by atoms with Gasteiger partial charge in [-0.3, -0.25) is 14.4 Å². The van der Waals surface area contributed by atoms with Gasteiger partial charge in [-0.15, -0.1) is 0 Å². The van der Waals surface area contributed by atoms with Gasteiger partial charge in [-0.05, 0) is 64.1 Å². The van der Waals surface area contributed by atoms with Gasteiger partial charge in [0.05, 0.1) is 47.1 Å². The minimum Gasteiger partial charge on any atom is -0.508 e. The number of carbonyl (C=O) groups excluding carboxylic acids is 3. The van der Waals surface area contributed by atoms with Gasteiger partial charge in [-0.2, -0.15) is 0 Å². The van der Waals surface area contributed by atoms with Crippen LogP contribution in [0.3, 0.4) is 0 Å². The SMILES string of the molecule is COC1C(=O)C(C(C)=O)=C(O)C2(OC3CC(OC4CC(OC5CC(C)(O)C(O)C(C)O5)C(O)C(C)O4)C(O)C(C)O3)C(=O)c3c(cc4cc(O)cc(O)c4c3O)CC12. The number of hydrogen-bond donors (Lipinski definition) is 8. The van der Waals surface area contributed by atoms with Crippen LogP contribution in [0.2, 0.25) is 0 Å². The lowest BCUT2D eigenvalue weighted by Gasteiger charge is -2.50. The number of hydrogen-bond acceptors (Lipinski definition) is 18. The number of fused-ring (bicyclic) bond motifs is 3. The van der Waals surface area contributed by atoms with E-state index in [4.69, 9.17) is 33.2 Å². The molecule has 2 aromatic carbocycles. The topological polar surface area (TPSA) is 278 Å². The van der Waals surface area contributed by atoms with E-state index in [1.807, 2.05) is 0 Å². The van der Waals surface area contributed by atoms with Crippen molar-refractivity contribution in [2.45, 2.75) is 145 Å². The van der Waals surface area contributed by atoms with Crippen LogP contribution in [-0.2, 0) is 49.2 Å². The van der Waals surface area contributed by atoms with Crippen molar-refractivity contribution in [3.8, 4) is 17.2 Å². The van der Waals surface area contributed by atoms with Gasteiger partial charge in [-0.1, -0.05) is 0 Å². The molecule has 2 aliphatic carbocycles. The van der Waals surface area contributed by atoms with Crippen molar-refractivity contribution in [1.29, 1.82) is 0 Å². The molecule has 0 spiro atoms. The molecule has 7 rings (SSSR count). The van der Waals surface area contributed by atoms with Crippen LogP contribution in [0.1, 0.15) is 69.8 Å². The molecule has 0 radical (unpaired) electrons. The fourth-order valence-corrected chi connectivity index (χ4v) is 9.18. The fourth-order valence-electron chi connectivity index (χ4n) is 9.18. The predicted molar refractivity (Wildman–Crippen MR) is 196 cm³/mol. The van der Waals surface area contributed by atoms with Crippen molar-refractivity contribution in [2.75, 3.05) is 7.11 Å². The maximum Gasteiger partial charge on any atom is 0.207 e. The van der Waals surface area contributed by atoms with Crippen LogP contribution in [0.5, 0.6) is 17.2 Å². The molecule has 0 amide bonds. The van der Waals surface area contributed by atoms with Gasteiger partial charge in [0.1, 0.15) is 53.0 Å². The number of phenolic OH excluding ortho intramolecular Hbond substituents is 3. The number of ketones is 3. The van der Waals surface area contributed by atoms with E-state index in [1.165, 1.54) is 33.1 Å². The van der Waals surface area contributed by atoms with E-state index in [9.17, 15) is 50.4 Å². The Labute approximate surface area is 332 Å². The van der Waals surface area contributed by atoms with E-state index >= 15 is 4.79 Å². The molecule has 3 aliphatic heterocycles. The molecule has 15 atom stereocenters. The fraction of sp³-hybridized carbons (Fsp3) is 0.625. The summed E-state index contributed by atoms with van der Waals surface area (Å²) in [7, 11) is 1.19. The van der Waals surface area contributed by atoms with Gasteiger partial charge in [0, 0.05) is 38.4 Å². The number of aliphatic hydroxyl groups excluding tert-OH is 4. The molecule has 8 N–H and O–H groups in total. The zero-order chi connectivity index (χ0) is 42.3. The lowest BCUT2D eigenvalue weighted by molar-refractivity contribution is -0.337. The van der Waals surface area contributed by atoms with E-state index < -0.39 is 131 Å². The number of aromatic hydroxyl groups is 3. The molecule has 5 aliphatic rings. The zero-order valence-corrected chi connectivity index (χ0v) is 32.7.